The van der Waals surface area contributed by atoms with Crippen LogP contribution in [-0.4, -0.2) is 42.4 Å². The quantitative estimate of drug-likeness (QED) is 0.629. The van der Waals surface area contributed by atoms with E-state index in [9.17, 15) is 9.18 Å². The molecule has 1 aromatic rings. The van der Waals surface area contributed by atoms with Crippen LogP contribution in [0.2, 0.25) is 0 Å². The highest BCUT2D eigenvalue weighted by atomic mass is 79.9. The molecule has 0 N–H and O–H groups in total. The third-order valence-corrected chi connectivity index (χ3v) is 3.10. The summed E-state index contributed by atoms with van der Waals surface area (Å²) >= 11 is 3.00. The number of pyridine rings is 1. The fourth-order valence-corrected chi connectivity index (χ4v) is 1.96. The van der Waals surface area contributed by atoms with Crippen molar-refractivity contribution in [3.63, 3.8) is 0 Å². The number of carbonyl (C=O) groups is 1. The molecule has 0 aliphatic carbocycles. The van der Waals surface area contributed by atoms with E-state index >= 15 is 0 Å². The average molecular weight is 303 g/mol. The lowest BCUT2D eigenvalue weighted by molar-refractivity contribution is 0.101. The lowest BCUT2D eigenvalue weighted by Crippen LogP contribution is -2.36. The summed E-state index contributed by atoms with van der Waals surface area (Å²) < 4.78 is 18.9. The summed E-state index contributed by atoms with van der Waals surface area (Å²) in [6.07, 6.45) is 1.53. The smallest absolute Gasteiger partial charge is 0.194 e. The van der Waals surface area contributed by atoms with Gasteiger partial charge in [0.2, 0.25) is 0 Å². The lowest BCUT2D eigenvalue weighted by atomic mass is 10.2. The summed E-state index contributed by atoms with van der Waals surface area (Å²) in [5.74, 6) is -0.922. The minimum absolute atomic E-state index is 0.0772. The van der Waals surface area contributed by atoms with Crippen LogP contribution in [0.15, 0.2) is 12.3 Å². The number of morpholine rings is 1. The first-order chi connectivity index (χ1) is 8.22. The Morgan fingerprint density at radius 2 is 2.24 bits per heavy atom. The number of alkyl halides is 1. The first-order valence-corrected chi connectivity index (χ1v) is 6.42. The molecule has 1 aliphatic rings. The summed E-state index contributed by atoms with van der Waals surface area (Å²) in [5.41, 5.74) is 0.579. The average Bonchev–Trinajstić information content (AvgIpc) is 2.39. The zero-order chi connectivity index (χ0) is 12.3. The number of Topliss-reactive ketones (excluding diaryl/α,β-unsaturated/α-hetero) is 1. The third-order valence-electron chi connectivity index (χ3n) is 2.59. The van der Waals surface area contributed by atoms with Crippen LogP contribution < -0.4 is 4.90 Å². The van der Waals surface area contributed by atoms with Crippen LogP contribution in [0.1, 0.15) is 10.5 Å². The minimum atomic E-state index is -0.571. The molecule has 0 spiro atoms. The molecule has 0 unspecified atom stereocenters. The van der Waals surface area contributed by atoms with Crippen molar-refractivity contribution in [1.29, 1.82) is 0 Å². The van der Waals surface area contributed by atoms with Crippen LogP contribution in [0.5, 0.6) is 0 Å². The van der Waals surface area contributed by atoms with Gasteiger partial charge in [-0.1, -0.05) is 15.9 Å². The van der Waals surface area contributed by atoms with Crippen molar-refractivity contribution in [1.82, 2.24) is 4.98 Å². The molecule has 17 heavy (non-hydrogen) atoms. The highest BCUT2D eigenvalue weighted by Crippen LogP contribution is 2.18. The Kier molecular flexibility index (Phi) is 4.06. The van der Waals surface area contributed by atoms with Gasteiger partial charge in [-0.05, 0) is 0 Å². The predicted molar refractivity (Wildman–Crippen MR) is 65.4 cm³/mol. The van der Waals surface area contributed by atoms with E-state index in [1.54, 1.807) is 0 Å². The number of rotatable bonds is 3. The Labute approximate surface area is 107 Å². The topological polar surface area (TPSA) is 42.4 Å². The van der Waals surface area contributed by atoms with E-state index in [2.05, 4.69) is 20.9 Å². The van der Waals surface area contributed by atoms with Gasteiger partial charge in [-0.3, -0.25) is 4.79 Å². The first-order valence-electron chi connectivity index (χ1n) is 5.30. The molecule has 2 rings (SSSR count). The fourth-order valence-electron chi connectivity index (χ4n) is 1.69. The Morgan fingerprint density at radius 3 is 2.82 bits per heavy atom. The van der Waals surface area contributed by atoms with E-state index in [0.29, 0.717) is 32.0 Å². The Balaban J connectivity index is 2.20. The monoisotopic (exact) mass is 302 g/mol. The van der Waals surface area contributed by atoms with Gasteiger partial charge in [0.05, 0.1) is 30.4 Å². The number of hydrogen-bond donors (Lipinski definition) is 0. The van der Waals surface area contributed by atoms with Crippen LogP contribution in [0.3, 0.4) is 0 Å². The van der Waals surface area contributed by atoms with Gasteiger partial charge >= 0.3 is 0 Å². The van der Waals surface area contributed by atoms with Crippen LogP contribution in [0.4, 0.5) is 10.1 Å². The summed E-state index contributed by atoms with van der Waals surface area (Å²) in [4.78, 5) is 17.2. The van der Waals surface area contributed by atoms with Crippen molar-refractivity contribution in [2.75, 3.05) is 36.5 Å². The van der Waals surface area contributed by atoms with Gasteiger partial charge in [-0.2, -0.15) is 0 Å². The molecular formula is C11H12BrFN2O2. The number of ketones is 1. The fraction of sp³-hybridized carbons (Fsp3) is 0.455. The largest absolute Gasteiger partial charge is 0.378 e. The molecule has 2 heterocycles. The highest BCUT2D eigenvalue weighted by Gasteiger charge is 2.16. The van der Waals surface area contributed by atoms with Gasteiger partial charge in [0.1, 0.15) is 5.69 Å². The molecule has 1 fully saturated rings. The van der Waals surface area contributed by atoms with E-state index in [1.165, 1.54) is 12.3 Å². The van der Waals surface area contributed by atoms with Gasteiger partial charge < -0.3 is 9.64 Å². The van der Waals surface area contributed by atoms with E-state index in [4.69, 9.17) is 4.74 Å². The molecule has 0 amide bonds. The van der Waals surface area contributed by atoms with Crippen LogP contribution in [0.25, 0.3) is 0 Å². The zero-order valence-corrected chi connectivity index (χ0v) is 10.7. The summed E-state index contributed by atoms with van der Waals surface area (Å²) in [5, 5.41) is 0.0772. The zero-order valence-electron chi connectivity index (χ0n) is 9.16. The number of hydrogen-bond acceptors (Lipinski definition) is 4. The van der Waals surface area contributed by atoms with Crippen LogP contribution in [0, 0.1) is 5.82 Å². The van der Waals surface area contributed by atoms with Crippen molar-refractivity contribution < 1.29 is 13.9 Å². The van der Waals surface area contributed by atoms with Crippen LogP contribution in [-0.2, 0) is 4.74 Å². The Hall–Kier alpha value is -1.01. The number of nitrogens with zero attached hydrogens (tertiary/aromatic N) is 2. The van der Waals surface area contributed by atoms with Crippen LogP contribution >= 0.6 is 15.9 Å². The molecular weight excluding hydrogens is 291 g/mol. The lowest BCUT2D eigenvalue weighted by Gasteiger charge is -2.28. The first kappa shape index (κ1) is 12.4. The Bertz CT molecular complexity index is 422. The summed E-state index contributed by atoms with van der Waals surface area (Å²) in [7, 11) is 0. The number of halogens is 2. The number of ether oxygens (including phenoxy) is 1. The molecule has 0 bridgehead atoms. The molecule has 92 valence electrons. The second-order valence-corrected chi connectivity index (χ2v) is 4.24. The van der Waals surface area contributed by atoms with Crippen molar-refractivity contribution in [3.05, 3.63) is 23.8 Å². The Morgan fingerprint density at radius 1 is 1.53 bits per heavy atom. The number of carbonyl (C=O) groups excluding carboxylic acids is 1. The maximum absolute atomic E-state index is 13.7. The number of aromatic nitrogens is 1. The number of anilines is 1. The van der Waals surface area contributed by atoms with E-state index in [1.807, 2.05) is 4.90 Å². The summed E-state index contributed by atoms with van der Waals surface area (Å²) in [6, 6.07) is 1.36. The van der Waals surface area contributed by atoms with Gasteiger partial charge in [-0.15, -0.1) is 0 Å². The molecule has 6 heteroatoms. The van der Waals surface area contributed by atoms with E-state index in [-0.39, 0.29) is 16.8 Å². The van der Waals surface area contributed by atoms with E-state index in [0.717, 1.165) is 0 Å². The third kappa shape index (κ3) is 2.81. The second-order valence-electron chi connectivity index (χ2n) is 3.68. The molecule has 0 saturated carbocycles. The van der Waals surface area contributed by atoms with Gasteiger partial charge in [-0.25, -0.2) is 9.37 Å². The molecule has 4 nitrogen and oxygen atoms in total. The molecule has 1 saturated heterocycles. The maximum atomic E-state index is 13.7. The predicted octanol–water partition coefficient (Wildman–Crippen LogP) is 1.63. The SMILES string of the molecule is O=C(CBr)c1ncc(N2CCOCC2)cc1F. The van der Waals surface area contributed by atoms with Gasteiger partial charge in [0.15, 0.2) is 11.6 Å². The van der Waals surface area contributed by atoms with Crippen molar-refractivity contribution in [2.24, 2.45) is 0 Å². The summed E-state index contributed by atoms with van der Waals surface area (Å²) in [6.45, 7) is 2.69. The minimum Gasteiger partial charge on any atom is -0.378 e. The molecule has 0 atom stereocenters. The molecule has 0 aromatic carbocycles. The normalized spacial score (nSPS) is 16.0. The molecule has 1 aromatic heterocycles. The van der Waals surface area contributed by atoms with Crippen molar-refractivity contribution >= 4 is 27.4 Å². The van der Waals surface area contributed by atoms with Crippen molar-refractivity contribution in [3.8, 4) is 0 Å². The standard InChI is InChI=1S/C11H12BrFN2O2/c12-6-10(16)11-9(13)5-8(7-14-11)15-1-3-17-4-2-15/h5,7H,1-4,6H2. The molecule has 1 aliphatic heterocycles. The van der Waals surface area contributed by atoms with Crippen molar-refractivity contribution in [2.45, 2.75) is 0 Å². The van der Waals surface area contributed by atoms with Gasteiger partial charge in [0.25, 0.3) is 0 Å². The maximum Gasteiger partial charge on any atom is 0.194 e. The second kappa shape index (κ2) is 5.55. The van der Waals surface area contributed by atoms with Gasteiger partial charge in [0, 0.05) is 19.2 Å². The molecule has 0 radical (unpaired) electrons. The van der Waals surface area contributed by atoms with E-state index < -0.39 is 5.82 Å². The highest BCUT2D eigenvalue weighted by molar-refractivity contribution is 9.09.